The number of rotatable bonds is 9. The summed E-state index contributed by atoms with van der Waals surface area (Å²) in [6, 6.07) is 26.1. The highest BCUT2D eigenvalue weighted by Gasteiger charge is 2.25. The number of hydrogen-bond donors (Lipinski definition) is 1. The van der Waals surface area contributed by atoms with E-state index >= 15 is 4.39 Å². The number of amides is 1. The number of benzene rings is 4. The van der Waals surface area contributed by atoms with Gasteiger partial charge in [-0.05, 0) is 96.3 Å². The number of carbonyl (C=O) groups is 2. The summed E-state index contributed by atoms with van der Waals surface area (Å²) in [4.78, 5) is 35.5. The Hall–Kier alpha value is -4.96. The van der Waals surface area contributed by atoms with Crippen molar-refractivity contribution in [2.24, 2.45) is 0 Å². The molecule has 7 rings (SSSR count). The molecule has 0 atom stereocenters. The molecule has 52 heavy (non-hydrogen) atoms. The van der Waals surface area contributed by atoms with Crippen molar-refractivity contribution in [1.29, 1.82) is 0 Å². The number of nitrogens with zero attached hydrogens (tertiary/aromatic N) is 4. The third-order valence-electron chi connectivity index (χ3n) is 9.31. The van der Waals surface area contributed by atoms with Gasteiger partial charge in [0.25, 0.3) is 5.91 Å². The molecule has 0 bridgehead atoms. The standard InChI is InChI=1S/C40H34ClFN4O4.2ClH/c1-45(30-17-19-43-20-18-30)39(47)26-9-14-33(25-7-11-29(41)12-8-25)28(21-26)24-50-32-13-15-34(35(42)23-32)38-44-36-22-27(40(48)49)10-16-37(36)46(38)31-5-3-2-4-6-31;;/h7-23,31H,2-6,24H2,1H3,(H,48,49);2*1H. The summed E-state index contributed by atoms with van der Waals surface area (Å²) >= 11 is 6.16. The molecule has 1 fully saturated rings. The number of carbonyl (C=O) groups excluding carboxylic acids is 1. The first-order chi connectivity index (χ1) is 24.3. The quantitative estimate of drug-likeness (QED) is 0.158. The maximum Gasteiger partial charge on any atom is 0.335 e. The number of ether oxygens (including phenoxy) is 1. The minimum atomic E-state index is -1.04. The van der Waals surface area contributed by atoms with Crippen molar-refractivity contribution in [3.05, 3.63) is 131 Å². The van der Waals surface area contributed by atoms with Gasteiger partial charge in [0.05, 0.1) is 22.2 Å². The van der Waals surface area contributed by atoms with E-state index in [1.165, 1.54) is 6.07 Å². The van der Waals surface area contributed by atoms with Crippen LogP contribution in [-0.2, 0) is 6.61 Å². The molecule has 268 valence electrons. The number of carboxylic acids is 1. The van der Waals surface area contributed by atoms with Gasteiger partial charge in [-0.1, -0.05) is 49.1 Å². The van der Waals surface area contributed by atoms with E-state index in [9.17, 15) is 14.7 Å². The molecule has 1 aliphatic rings. The van der Waals surface area contributed by atoms with Crippen LogP contribution in [-0.4, -0.2) is 38.6 Å². The lowest BCUT2D eigenvalue weighted by Gasteiger charge is -2.25. The predicted molar refractivity (Wildman–Crippen MR) is 207 cm³/mol. The van der Waals surface area contributed by atoms with Crippen LogP contribution >= 0.6 is 36.4 Å². The zero-order valence-electron chi connectivity index (χ0n) is 28.2. The highest BCUT2D eigenvalue weighted by Crippen LogP contribution is 2.38. The topological polar surface area (TPSA) is 97.5 Å². The molecule has 6 aromatic rings. The van der Waals surface area contributed by atoms with Crippen molar-refractivity contribution in [1.82, 2.24) is 14.5 Å². The molecule has 1 N–H and O–H groups in total. The first-order valence-electron chi connectivity index (χ1n) is 16.5. The number of aromatic carboxylic acids is 1. The summed E-state index contributed by atoms with van der Waals surface area (Å²) in [5, 5.41) is 10.2. The Morgan fingerprint density at radius 2 is 1.58 bits per heavy atom. The Morgan fingerprint density at radius 3 is 2.27 bits per heavy atom. The van der Waals surface area contributed by atoms with E-state index in [0.717, 1.165) is 54.3 Å². The second-order valence-electron chi connectivity index (χ2n) is 12.5. The fraction of sp³-hybridized carbons (Fsp3) is 0.200. The Kier molecular flexibility index (Phi) is 12.2. The van der Waals surface area contributed by atoms with Crippen LogP contribution in [0.3, 0.4) is 0 Å². The zero-order valence-corrected chi connectivity index (χ0v) is 30.6. The largest absolute Gasteiger partial charge is 0.489 e. The van der Waals surface area contributed by atoms with Crippen LogP contribution in [0.5, 0.6) is 5.75 Å². The summed E-state index contributed by atoms with van der Waals surface area (Å²) in [6.45, 7) is 0.0649. The Labute approximate surface area is 318 Å². The molecule has 4 aromatic carbocycles. The van der Waals surface area contributed by atoms with Crippen LogP contribution in [0.25, 0.3) is 33.5 Å². The van der Waals surface area contributed by atoms with Crippen LogP contribution in [0.1, 0.15) is 64.4 Å². The Bertz CT molecular complexity index is 2210. The number of imidazole rings is 1. The van der Waals surface area contributed by atoms with Crippen LogP contribution in [0.15, 0.2) is 103 Å². The summed E-state index contributed by atoms with van der Waals surface area (Å²) in [7, 11) is 1.71. The average Bonchev–Trinajstić information content (AvgIpc) is 3.53. The predicted octanol–water partition coefficient (Wildman–Crippen LogP) is 10.5. The fourth-order valence-electron chi connectivity index (χ4n) is 6.69. The summed E-state index contributed by atoms with van der Waals surface area (Å²) < 4.78 is 24.3. The highest BCUT2D eigenvalue weighted by molar-refractivity contribution is 6.30. The molecule has 0 unspecified atom stereocenters. The Balaban J connectivity index is 0.00000261. The lowest BCUT2D eigenvalue weighted by Crippen LogP contribution is -2.26. The smallest absolute Gasteiger partial charge is 0.335 e. The molecule has 1 aliphatic carbocycles. The molecule has 0 saturated heterocycles. The number of fused-ring (bicyclic) bond motifs is 1. The van der Waals surface area contributed by atoms with Crippen molar-refractivity contribution in [3.63, 3.8) is 0 Å². The van der Waals surface area contributed by atoms with Crippen molar-refractivity contribution in [2.75, 3.05) is 11.9 Å². The van der Waals surface area contributed by atoms with Gasteiger partial charge in [0.15, 0.2) is 0 Å². The SMILES string of the molecule is CN(C(=O)c1ccc(-c2ccc(Cl)cc2)c(COc2ccc(-c3nc4cc(C(=O)O)ccc4n3C3CCCCC3)c(F)c2)c1)c1ccncc1.Cl.Cl. The number of aromatic nitrogens is 3. The molecule has 2 aromatic heterocycles. The van der Waals surface area contributed by atoms with Gasteiger partial charge in [-0.15, -0.1) is 24.8 Å². The van der Waals surface area contributed by atoms with Gasteiger partial charge in [0.1, 0.15) is 24.0 Å². The van der Waals surface area contributed by atoms with Crippen LogP contribution in [0, 0.1) is 5.82 Å². The normalized spacial score (nSPS) is 12.8. The van der Waals surface area contributed by atoms with Gasteiger partial charge in [0.2, 0.25) is 0 Å². The second kappa shape index (κ2) is 16.6. The van der Waals surface area contributed by atoms with Gasteiger partial charge >= 0.3 is 5.97 Å². The molecule has 8 nitrogen and oxygen atoms in total. The molecule has 1 saturated carbocycles. The highest BCUT2D eigenvalue weighted by atomic mass is 35.5. The van der Waals surface area contributed by atoms with Crippen molar-refractivity contribution >= 4 is 65.0 Å². The third kappa shape index (κ3) is 7.92. The lowest BCUT2D eigenvalue weighted by atomic mass is 9.94. The first-order valence-corrected chi connectivity index (χ1v) is 16.9. The van der Waals surface area contributed by atoms with Crippen molar-refractivity contribution in [3.8, 4) is 28.3 Å². The molecule has 12 heteroatoms. The fourth-order valence-corrected chi connectivity index (χ4v) is 6.82. The van der Waals surface area contributed by atoms with Gasteiger partial charge < -0.3 is 19.3 Å². The number of carboxylic acid groups (broad SMARTS) is 1. The number of anilines is 1. The number of hydrogen-bond acceptors (Lipinski definition) is 5. The van der Waals surface area contributed by atoms with E-state index in [4.69, 9.17) is 21.3 Å². The van der Waals surface area contributed by atoms with Crippen molar-refractivity contribution < 1.29 is 23.8 Å². The lowest BCUT2D eigenvalue weighted by molar-refractivity contribution is 0.0696. The molecule has 0 aliphatic heterocycles. The third-order valence-corrected chi connectivity index (χ3v) is 9.57. The molecule has 0 spiro atoms. The van der Waals surface area contributed by atoms with Crippen molar-refractivity contribution in [2.45, 2.75) is 44.8 Å². The molecule has 0 radical (unpaired) electrons. The van der Waals surface area contributed by atoms with E-state index in [2.05, 4.69) is 9.55 Å². The summed E-state index contributed by atoms with van der Waals surface area (Å²) in [5.41, 5.74) is 5.40. The number of pyridine rings is 1. The Morgan fingerprint density at radius 1 is 0.885 bits per heavy atom. The van der Waals surface area contributed by atoms with E-state index in [1.807, 2.05) is 18.2 Å². The van der Waals surface area contributed by atoms with Crippen LogP contribution < -0.4 is 9.64 Å². The summed E-state index contributed by atoms with van der Waals surface area (Å²) in [5.74, 6) is -0.968. The second-order valence-corrected chi connectivity index (χ2v) is 12.9. The monoisotopic (exact) mass is 760 g/mol. The van der Waals surface area contributed by atoms with Gasteiger partial charge in [-0.25, -0.2) is 14.2 Å². The van der Waals surface area contributed by atoms with Gasteiger partial charge in [0, 0.05) is 47.8 Å². The van der Waals surface area contributed by atoms with Crippen LogP contribution in [0.2, 0.25) is 5.02 Å². The molecule has 1 amide bonds. The van der Waals surface area contributed by atoms with E-state index in [0.29, 0.717) is 38.9 Å². The zero-order chi connectivity index (χ0) is 34.8. The van der Waals surface area contributed by atoms with E-state index in [-0.39, 0.29) is 48.9 Å². The molecular weight excluding hydrogens is 726 g/mol. The minimum absolute atomic E-state index is 0. The maximum absolute atomic E-state index is 16.1. The number of halogens is 4. The minimum Gasteiger partial charge on any atom is -0.489 e. The maximum atomic E-state index is 16.1. The van der Waals surface area contributed by atoms with Gasteiger partial charge in [-0.2, -0.15) is 0 Å². The van der Waals surface area contributed by atoms with Gasteiger partial charge in [-0.3, -0.25) is 9.78 Å². The van der Waals surface area contributed by atoms with Crippen LogP contribution in [0.4, 0.5) is 10.1 Å². The molecule has 2 heterocycles. The summed E-state index contributed by atoms with van der Waals surface area (Å²) in [6.07, 6.45) is 8.44. The van der Waals surface area contributed by atoms with E-state index in [1.54, 1.807) is 91.1 Å². The first kappa shape index (κ1) is 38.3. The molecular formula is C40H36Cl3FN4O4. The average molecular weight is 762 g/mol. The van der Waals surface area contributed by atoms with E-state index < -0.39 is 11.8 Å².